The predicted octanol–water partition coefficient (Wildman–Crippen LogP) is 1.54. The molecule has 1 aromatic heterocycles. The fourth-order valence-electron chi connectivity index (χ4n) is 1.89. The minimum absolute atomic E-state index is 0.123. The molecule has 1 aliphatic heterocycles. The number of nitrogens with one attached hydrogen (secondary N) is 1. The van der Waals surface area contributed by atoms with Gasteiger partial charge >= 0.3 is 0 Å². The number of aromatic nitrogens is 1. The highest BCUT2D eigenvalue weighted by atomic mass is 32.2. The van der Waals surface area contributed by atoms with Gasteiger partial charge in [-0.15, -0.1) is 11.3 Å². The second-order valence-electron chi connectivity index (χ2n) is 4.80. The minimum atomic E-state index is -2.81. The van der Waals surface area contributed by atoms with Crippen molar-refractivity contribution >= 4 is 21.2 Å². The van der Waals surface area contributed by atoms with Crippen LogP contribution < -0.4 is 5.32 Å². The SMILES string of the molecule is CC(C)NCc1cnc(C2CCS(=O)(=O)C2)s1. The lowest BCUT2D eigenvalue weighted by Crippen LogP contribution is -2.21. The molecule has 0 amide bonds. The average molecular weight is 274 g/mol. The van der Waals surface area contributed by atoms with Crippen LogP contribution in [0.4, 0.5) is 0 Å². The van der Waals surface area contributed by atoms with E-state index in [9.17, 15) is 8.42 Å². The molecule has 2 rings (SSSR count). The quantitative estimate of drug-likeness (QED) is 0.905. The molecule has 1 fully saturated rings. The first-order valence-electron chi connectivity index (χ1n) is 5.85. The number of thiazole rings is 1. The van der Waals surface area contributed by atoms with E-state index in [-0.39, 0.29) is 11.7 Å². The van der Waals surface area contributed by atoms with E-state index in [2.05, 4.69) is 24.1 Å². The molecule has 0 saturated carbocycles. The zero-order chi connectivity index (χ0) is 12.5. The lowest BCUT2D eigenvalue weighted by Gasteiger charge is -2.05. The Kier molecular flexibility index (Phi) is 3.85. The van der Waals surface area contributed by atoms with Gasteiger partial charge in [-0.2, -0.15) is 0 Å². The standard InChI is InChI=1S/C11H18N2O2S2/c1-8(2)12-5-10-6-13-11(16-10)9-3-4-17(14,15)7-9/h6,8-9,12H,3-5,7H2,1-2H3. The molecular formula is C11H18N2O2S2. The van der Waals surface area contributed by atoms with Crippen LogP contribution in [0, 0.1) is 0 Å². The topological polar surface area (TPSA) is 59.1 Å². The molecule has 0 aromatic carbocycles. The van der Waals surface area contributed by atoms with Gasteiger partial charge < -0.3 is 5.32 Å². The second-order valence-corrected chi connectivity index (χ2v) is 8.18. The van der Waals surface area contributed by atoms with Gasteiger partial charge in [0.2, 0.25) is 0 Å². The monoisotopic (exact) mass is 274 g/mol. The summed E-state index contributed by atoms with van der Waals surface area (Å²) in [5, 5.41) is 4.31. The number of hydrogen-bond acceptors (Lipinski definition) is 5. The molecule has 1 N–H and O–H groups in total. The van der Waals surface area contributed by atoms with Crippen molar-refractivity contribution in [3.8, 4) is 0 Å². The molecule has 0 spiro atoms. The van der Waals surface area contributed by atoms with Gasteiger partial charge in [-0.3, -0.25) is 0 Å². The van der Waals surface area contributed by atoms with Crippen molar-refractivity contribution < 1.29 is 8.42 Å². The predicted molar refractivity (Wildman–Crippen MR) is 70.1 cm³/mol. The van der Waals surface area contributed by atoms with Crippen LogP contribution in [0.15, 0.2) is 6.20 Å². The summed E-state index contributed by atoms with van der Waals surface area (Å²) < 4.78 is 22.8. The molecule has 6 heteroatoms. The molecule has 96 valence electrons. The number of rotatable bonds is 4. The average Bonchev–Trinajstić information content (AvgIpc) is 2.81. The van der Waals surface area contributed by atoms with Crippen LogP contribution in [-0.4, -0.2) is 30.9 Å². The molecule has 1 saturated heterocycles. The number of hydrogen-bond donors (Lipinski definition) is 1. The molecule has 17 heavy (non-hydrogen) atoms. The minimum Gasteiger partial charge on any atom is -0.310 e. The summed E-state index contributed by atoms with van der Waals surface area (Å²) in [6.07, 6.45) is 2.59. The summed E-state index contributed by atoms with van der Waals surface area (Å²) in [6.45, 7) is 5.02. The van der Waals surface area contributed by atoms with Crippen molar-refractivity contribution in [2.75, 3.05) is 11.5 Å². The summed E-state index contributed by atoms with van der Waals surface area (Å²) in [5.41, 5.74) is 0. The van der Waals surface area contributed by atoms with Crippen LogP contribution in [0.1, 0.15) is 36.1 Å². The highest BCUT2D eigenvalue weighted by Gasteiger charge is 2.30. The van der Waals surface area contributed by atoms with Gasteiger partial charge in [0, 0.05) is 29.6 Å². The van der Waals surface area contributed by atoms with E-state index in [1.807, 2.05) is 6.20 Å². The van der Waals surface area contributed by atoms with Crippen LogP contribution >= 0.6 is 11.3 Å². The molecule has 1 atom stereocenters. The van der Waals surface area contributed by atoms with E-state index in [0.717, 1.165) is 18.0 Å². The summed E-state index contributed by atoms with van der Waals surface area (Å²) in [6, 6.07) is 0.451. The smallest absolute Gasteiger partial charge is 0.151 e. The molecule has 1 aromatic rings. The van der Waals surface area contributed by atoms with E-state index in [1.54, 1.807) is 11.3 Å². The van der Waals surface area contributed by atoms with Gasteiger partial charge in [0.15, 0.2) is 9.84 Å². The normalized spacial score (nSPS) is 23.4. The van der Waals surface area contributed by atoms with E-state index in [0.29, 0.717) is 11.8 Å². The Morgan fingerprint density at radius 2 is 2.35 bits per heavy atom. The first-order chi connectivity index (χ1) is 7.96. The van der Waals surface area contributed by atoms with Crippen molar-refractivity contribution in [2.24, 2.45) is 0 Å². The van der Waals surface area contributed by atoms with Gasteiger partial charge in [-0.25, -0.2) is 13.4 Å². The molecule has 0 radical (unpaired) electrons. The van der Waals surface area contributed by atoms with Crippen molar-refractivity contribution in [1.82, 2.24) is 10.3 Å². The third-order valence-electron chi connectivity index (χ3n) is 2.84. The van der Waals surface area contributed by atoms with Gasteiger partial charge in [0.1, 0.15) is 0 Å². The Morgan fingerprint density at radius 3 is 2.94 bits per heavy atom. The van der Waals surface area contributed by atoms with Gasteiger partial charge in [-0.05, 0) is 6.42 Å². The molecule has 1 aliphatic rings. The fraction of sp³-hybridized carbons (Fsp3) is 0.727. The van der Waals surface area contributed by atoms with Gasteiger partial charge in [0.25, 0.3) is 0 Å². The van der Waals surface area contributed by atoms with E-state index < -0.39 is 9.84 Å². The summed E-state index contributed by atoms with van der Waals surface area (Å²) in [4.78, 5) is 5.53. The van der Waals surface area contributed by atoms with Gasteiger partial charge in [0.05, 0.1) is 16.5 Å². The molecule has 2 heterocycles. The van der Waals surface area contributed by atoms with Gasteiger partial charge in [-0.1, -0.05) is 13.8 Å². The first-order valence-corrected chi connectivity index (χ1v) is 8.48. The fourth-order valence-corrected chi connectivity index (χ4v) is 4.74. The maximum absolute atomic E-state index is 11.4. The Labute approximate surface area is 106 Å². The first kappa shape index (κ1) is 13.0. The highest BCUT2D eigenvalue weighted by Crippen LogP contribution is 2.31. The zero-order valence-electron chi connectivity index (χ0n) is 10.1. The molecule has 1 unspecified atom stereocenters. The summed E-state index contributed by atoms with van der Waals surface area (Å²) >= 11 is 1.63. The zero-order valence-corrected chi connectivity index (χ0v) is 11.8. The molecular weight excluding hydrogens is 256 g/mol. The van der Waals surface area contributed by atoms with Crippen LogP contribution in [-0.2, 0) is 16.4 Å². The van der Waals surface area contributed by atoms with E-state index in [1.165, 1.54) is 4.88 Å². The largest absolute Gasteiger partial charge is 0.310 e. The van der Waals surface area contributed by atoms with Crippen molar-refractivity contribution in [1.29, 1.82) is 0 Å². The summed E-state index contributed by atoms with van der Waals surface area (Å²) in [7, 11) is -2.81. The van der Waals surface area contributed by atoms with Crippen molar-refractivity contribution in [3.63, 3.8) is 0 Å². The lowest BCUT2D eigenvalue weighted by molar-refractivity contribution is 0.593. The molecule has 0 aliphatic carbocycles. The maximum Gasteiger partial charge on any atom is 0.151 e. The van der Waals surface area contributed by atoms with E-state index >= 15 is 0 Å². The molecule has 4 nitrogen and oxygen atoms in total. The lowest BCUT2D eigenvalue weighted by atomic mass is 10.1. The molecule has 0 bridgehead atoms. The van der Waals surface area contributed by atoms with Crippen LogP contribution in [0.3, 0.4) is 0 Å². The third-order valence-corrected chi connectivity index (χ3v) is 5.77. The van der Waals surface area contributed by atoms with Crippen LogP contribution in [0.25, 0.3) is 0 Å². The van der Waals surface area contributed by atoms with Crippen molar-refractivity contribution in [3.05, 3.63) is 16.1 Å². The second kappa shape index (κ2) is 5.04. The highest BCUT2D eigenvalue weighted by molar-refractivity contribution is 7.91. The number of nitrogens with zero attached hydrogens (tertiary/aromatic N) is 1. The Balaban J connectivity index is 1.99. The Morgan fingerprint density at radius 1 is 1.59 bits per heavy atom. The summed E-state index contributed by atoms with van der Waals surface area (Å²) in [5.74, 6) is 0.715. The van der Waals surface area contributed by atoms with Crippen LogP contribution in [0.2, 0.25) is 0 Å². The Bertz CT molecular complexity index is 479. The third kappa shape index (κ3) is 3.50. The number of sulfone groups is 1. The van der Waals surface area contributed by atoms with Crippen molar-refractivity contribution in [2.45, 2.75) is 38.8 Å². The van der Waals surface area contributed by atoms with E-state index in [4.69, 9.17) is 0 Å². The maximum atomic E-state index is 11.4. The van der Waals surface area contributed by atoms with Crippen LogP contribution in [0.5, 0.6) is 0 Å². The Hall–Kier alpha value is -0.460.